The minimum Gasteiger partial charge on any atom is -0.384 e. The number of rotatable bonds is 6. The van der Waals surface area contributed by atoms with E-state index in [1.165, 1.54) is 6.07 Å². The number of anilines is 2. The molecule has 1 fully saturated rings. The molecule has 1 unspecified atom stereocenters. The molecule has 0 radical (unpaired) electrons. The fraction of sp³-hybridized carbons (Fsp3) is 0.200. The monoisotopic (exact) mass is 477 g/mol. The van der Waals surface area contributed by atoms with E-state index < -0.39 is 16.1 Å². The molecular formula is C25H27N5O3S. The summed E-state index contributed by atoms with van der Waals surface area (Å²) in [5, 5.41) is 16.1. The van der Waals surface area contributed by atoms with Crippen LogP contribution in [-0.2, 0) is 14.8 Å². The van der Waals surface area contributed by atoms with Gasteiger partial charge in [-0.15, -0.1) is 0 Å². The molecule has 6 N–H and O–H groups in total. The van der Waals surface area contributed by atoms with Crippen LogP contribution >= 0.6 is 0 Å². The zero-order valence-electron chi connectivity index (χ0n) is 18.6. The Kier molecular flexibility index (Phi) is 6.67. The molecule has 0 spiro atoms. The fourth-order valence-corrected chi connectivity index (χ4v) is 5.07. The zero-order valence-corrected chi connectivity index (χ0v) is 19.4. The van der Waals surface area contributed by atoms with E-state index in [1.807, 2.05) is 41.3 Å². The second-order valence-electron chi connectivity index (χ2n) is 8.28. The van der Waals surface area contributed by atoms with Crippen LogP contribution in [0.15, 0.2) is 77.7 Å². The van der Waals surface area contributed by atoms with Crippen LogP contribution in [0.2, 0.25) is 0 Å². The van der Waals surface area contributed by atoms with Gasteiger partial charge in [-0.25, -0.2) is 13.6 Å². The second kappa shape index (κ2) is 9.66. The SMILES string of the molecule is N=C(N)c1cccc(N2CCCCC2C(=O)Nc2ccc(-c3ccccc3)c(S(N)(=O)=O)c2)c1. The quantitative estimate of drug-likeness (QED) is 0.318. The van der Waals surface area contributed by atoms with E-state index in [2.05, 4.69) is 5.32 Å². The Bertz CT molecular complexity index is 1330. The van der Waals surface area contributed by atoms with Crippen molar-refractivity contribution in [1.82, 2.24) is 0 Å². The number of sulfonamides is 1. The van der Waals surface area contributed by atoms with Crippen molar-refractivity contribution in [3.63, 3.8) is 0 Å². The minimum absolute atomic E-state index is 0.0334. The number of nitrogens with two attached hydrogens (primary N) is 2. The molecule has 1 atom stereocenters. The summed E-state index contributed by atoms with van der Waals surface area (Å²) < 4.78 is 24.6. The zero-order chi connectivity index (χ0) is 24.3. The Balaban J connectivity index is 1.62. The third-order valence-corrected chi connectivity index (χ3v) is 6.89. The number of carbonyl (C=O) groups excluding carboxylic acids is 1. The van der Waals surface area contributed by atoms with Crippen LogP contribution in [-0.4, -0.2) is 32.7 Å². The van der Waals surface area contributed by atoms with E-state index in [0.717, 1.165) is 18.5 Å². The molecule has 1 amide bonds. The number of hydrogen-bond donors (Lipinski definition) is 4. The predicted molar refractivity (Wildman–Crippen MR) is 134 cm³/mol. The smallest absolute Gasteiger partial charge is 0.247 e. The standard InChI is InChI=1S/C25H27N5O3S/c26-24(27)18-9-6-10-20(15-18)30-14-5-4-11-22(30)25(31)29-19-12-13-21(17-7-2-1-3-8-17)23(16-19)34(28,32)33/h1-3,6-10,12-13,15-16,22H,4-5,11,14H2,(H3,26,27)(H,29,31)(H2,28,32,33). The van der Waals surface area contributed by atoms with Crippen LogP contribution in [0.3, 0.4) is 0 Å². The van der Waals surface area contributed by atoms with Crippen LogP contribution in [0.1, 0.15) is 24.8 Å². The first kappa shape index (κ1) is 23.5. The molecule has 9 heteroatoms. The molecule has 0 saturated carbocycles. The minimum atomic E-state index is -4.03. The first-order valence-corrected chi connectivity index (χ1v) is 12.5. The van der Waals surface area contributed by atoms with Gasteiger partial charge in [0.2, 0.25) is 15.9 Å². The van der Waals surface area contributed by atoms with E-state index in [9.17, 15) is 13.2 Å². The summed E-state index contributed by atoms with van der Waals surface area (Å²) in [7, 11) is -4.03. The van der Waals surface area contributed by atoms with Crippen LogP contribution in [0.4, 0.5) is 11.4 Å². The van der Waals surface area contributed by atoms with Crippen molar-refractivity contribution in [1.29, 1.82) is 5.41 Å². The summed E-state index contributed by atoms with van der Waals surface area (Å²) in [4.78, 5) is 15.2. The average molecular weight is 478 g/mol. The molecular weight excluding hydrogens is 450 g/mol. The highest BCUT2D eigenvalue weighted by atomic mass is 32.2. The number of amides is 1. The van der Waals surface area contributed by atoms with Gasteiger partial charge in [-0.2, -0.15) is 0 Å². The predicted octanol–water partition coefficient (Wildman–Crippen LogP) is 3.28. The molecule has 34 heavy (non-hydrogen) atoms. The Morgan fingerprint density at radius 2 is 1.76 bits per heavy atom. The van der Waals surface area contributed by atoms with Crippen molar-refractivity contribution in [3.8, 4) is 11.1 Å². The first-order valence-electron chi connectivity index (χ1n) is 11.0. The lowest BCUT2D eigenvalue weighted by atomic mass is 9.99. The number of benzene rings is 3. The van der Waals surface area contributed by atoms with Gasteiger partial charge in [0.15, 0.2) is 0 Å². The number of piperidine rings is 1. The normalized spacial score (nSPS) is 16.1. The van der Waals surface area contributed by atoms with Gasteiger partial charge in [-0.3, -0.25) is 10.2 Å². The summed E-state index contributed by atoms with van der Waals surface area (Å²) in [5.74, 6) is -0.269. The number of primary sulfonamides is 1. The van der Waals surface area contributed by atoms with Crippen LogP contribution in [0, 0.1) is 5.41 Å². The maximum Gasteiger partial charge on any atom is 0.247 e. The summed E-state index contributed by atoms with van der Waals surface area (Å²) >= 11 is 0. The third-order valence-electron chi connectivity index (χ3n) is 5.93. The van der Waals surface area contributed by atoms with Crippen LogP contribution < -0.4 is 21.1 Å². The van der Waals surface area contributed by atoms with Gasteiger partial charge < -0.3 is 16.0 Å². The van der Waals surface area contributed by atoms with E-state index in [4.69, 9.17) is 16.3 Å². The van der Waals surface area contributed by atoms with E-state index in [1.54, 1.807) is 30.3 Å². The molecule has 1 aliphatic rings. The summed E-state index contributed by atoms with van der Waals surface area (Å²) in [6.45, 7) is 0.689. The van der Waals surface area contributed by atoms with Gasteiger partial charge >= 0.3 is 0 Å². The van der Waals surface area contributed by atoms with Crippen molar-refractivity contribution >= 4 is 33.1 Å². The molecule has 3 aromatic carbocycles. The number of carbonyl (C=O) groups is 1. The number of amidine groups is 1. The van der Waals surface area contributed by atoms with Crippen molar-refractivity contribution in [2.45, 2.75) is 30.2 Å². The number of nitrogens with one attached hydrogen (secondary N) is 2. The lowest BCUT2D eigenvalue weighted by Crippen LogP contribution is -2.47. The lowest BCUT2D eigenvalue weighted by Gasteiger charge is -2.36. The molecule has 0 aromatic heterocycles. The maximum absolute atomic E-state index is 13.3. The van der Waals surface area contributed by atoms with Crippen molar-refractivity contribution < 1.29 is 13.2 Å². The molecule has 8 nitrogen and oxygen atoms in total. The fourth-order valence-electron chi connectivity index (χ4n) is 4.28. The van der Waals surface area contributed by atoms with Gasteiger partial charge in [0.1, 0.15) is 11.9 Å². The average Bonchev–Trinajstić information content (AvgIpc) is 2.84. The van der Waals surface area contributed by atoms with Crippen LogP contribution in [0.5, 0.6) is 0 Å². The molecule has 1 heterocycles. The van der Waals surface area contributed by atoms with Crippen molar-refractivity contribution in [3.05, 3.63) is 78.4 Å². The highest BCUT2D eigenvalue weighted by Gasteiger charge is 2.29. The van der Waals surface area contributed by atoms with Gasteiger partial charge in [0.25, 0.3) is 0 Å². The van der Waals surface area contributed by atoms with Crippen molar-refractivity contribution in [2.75, 3.05) is 16.8 Å². The first-order chi connectivity index (χ1) is 16.2. The van der Waals surface area contributed by atoms with Gasteiger partial charge in [-0.1, -0.05) is 48.5 Å². The molecule has 0 bridgehead atoms. The highest BCUT2D eigenvalue weighted by Crippen LogP contribution is 2.30. The lowest BCUT2D eigenvalue weighted by molar-refractivity contribution is -0.117. The van der Waals surface area contributed by atoms with Gasteiger partial charge in [0, 0.05) is 29.0 Å². The number of nitrogen functional groups attached to an aromatic ring is 1. The number of nitrogens with zero attached hydrogens (tertiary/aromatic N) is 1. The van der Waals surface area contributed by atoms with Gasteiger partial charge in [-0.05, 0) is 49.1 Å². The Morgan fingerprint density at radius 3 is 2.47 bits per heavy atom. The van der Waals surface area contributed by atoms with Crippen molar-refractivity contribution in [2.24, 2.45) is 10.9 Å². The molecule has 0 aliphatic carbocycles. The molecule has 1 saturated heterocycles. The Labute approximate surface area is 199 Å². The van der Waals surface area contributed by atoms with E-state index in [-0.39, 0.29) is 16.6 Å². The topological polar surface area (TPSA) is 142 Å². The molecule has 4 rings (SSSR count). The summed E-state index contributed by atoms with van der Waals surface area (Å²) in [6, 6.07) is 20.6. The molecule has 176 valence electrons. The molecule has 1 aliphatic heterocycles. The van der Waals surface area contributed by atoms with E-state index >= 15 is 0 Å². The number of hydrogen-bond acceptors (Lipinski definition) is 5. The summed E-state index contributed by atoms with van der Waals surface area (Å²) in [5.41, 5.74) is 8.60. The molecule has 3 aromatic rings. The van der Waals surface area contributed by atoms with Crippen LogP contribution in [0.25, 0.3) is 11.1 Å². The highest BCUT2D eigenvalue weighted by molar-refractivity contribution is 7.89. The largest absolute Gasteiger partial charge is 0.384 e. The van der Waals surface area contributed by atoms with Gasteiger partial charge in [0.05, 0.1) is 4.90 Å². The maximum atomic E-state index is 13.3. The Hall–Kier alpha value is -3.69. The second-order valence-corrected chi connectivity index (χ2v) is 9.81. The van der Waals surface area contributed by atoms with E-state index in [0.29, 0.717) is 35.3 Å². The summed E-state index contributed by atoms with van der Waals surface area (Å²) in [6.07, 6.45) is 2.49. The third kappa shape index (κ3) is 5.11. The Morgan fingerprint density at radius 1 is 1.00 bits per heavy atom.